The van der Waals surface area contributed by atoms with E-state index in [9.17, 15) is 9.59 Å². The Hall–Kier alpha value is -2.24. The Morgan fingerprint density at radius 2 is 1.81 bits per heavy atom. The van der Waals surface area contributed by atoms with Gasteiger partial charge in [-0.25, -0.2) is 4.79 Å². The molecule has 26 heavy (non-hydrogen) atoms. The second-order valence-corrected chi connectivity index (χ2v) is 6.25. The van der Waals surface area contributed by atoms with Gasteiger partial charge in [-0.3, -0.25) is 4.79 Å². The maximum Gasteiger partial charge on any atom is 0.338 e. The average molecular weight is 363 g/mol. The molecule has 1 heterocycles. The van der Waals surface area contributed by atoms with Gasteiger partial charge in [-0.2, -0.15) is 0 Å². The number of hydrogen-bond acceptors (Lipinski definition) is 5. The van der Waals surface area contributed by atoms with Gasteiger partial charge in [0.15, 0.2) is 18.1 Å². The van der Waals surface area contributed by atoms with Crippen LogP contribution >= 0.6 is 0 Å². The number of piperidine rings is 1. The molecule has 1 aliphatic heterocycles. The zero-order chi connectivity index (χ0) is 18.9. The quantitative estimate of drug-likeness (QED) is 0.662. The minimum atomic E-state index is -0.535. The highest BCUT2D eigenvalue weighted by Gasteiger charge is 2.26. The van der Waals surface area contributed by atoms with E-state index in [4.69, 9.17) is 14.2 Å². The molecule has 2 rings (SSSR count). The number of likely N-dealkylation sites (tertiary alicyclic amines) is 1. The molecule has 6 heteroatoms. The number of ether oxygens (including phenoxy) is 3. The molecule has 1 saturated heterocycles. The van der Waals surface area contributed by atoms with Crippen LogP contribution in [0.1, 0.15) is 56.8 Å². The van der Waals surface area contributed by atoms with Gasteiger partial charge in [0.1, 0.15) is 0 Å². The Morgan fingerprint density at radius 1 is 1.08 bits per heavy atom. The third-order valence-corrected chi connectivity index (χ3v) is 4.52. The summed E-state index contributed by atoms with van der Waals surface area (Å²) >= 11 is 0. The van der Waals surface area contributed by atoms with Crippen molar-refractivity contribution in [3.05, 3.63) is 23.8 Å². The van der Waals surface area contributed by atoms with Gasteiger partial charge in [-0.1, -0.05) is 6.92 Å². The highest BCUT2D eigenvalue weighted by atomic mass is 16.5. The number of rotatable bonds is 8. The smallest absolute Gasteiger partial charge is 0.338 e. The van der Waals surface area contributed by atoms with Crippen LogP contribution in [-0.4, -0.2) is 49.2 Å². The van der Waals surface area contributed by atoms with Gasteiger partial charge in [0.2, 0.25) is 0 Å². The van der Waals surface area contributed by atoms with E-state index in [0.29, 0.717) is 30.3 Å². The second-order valence-electron chi connectivity index (χ2n) is 6.25. The van der Waals surface area contributed by atoms with E-state index in [2.05, 4.69) is 6.92 Å². The molecule has 0 aliphatic carbocycles. The molecule has 1 atom stereocenters. The molecule has 6 nitrogen and oxygen atoms in total. The lowest BCUT2D eigenvalue weighted by molar-refractivity contribution is -0.138. The minimum Gasteiger partial charge on any atom is -0.490 e. The van der Waals surface area contributed by atoms with Crippen LogP contribution in [0.5, 0.6) is 11.5 Å². The van der Waals surface area contributed by atoms with Crippen molar-refractivity contribution in [3.8, 4) is 11.5 Å². The molecule has 0 saturated carbocycles. The zero-order valence-corrected chi connectivity index (χ0v) is 16.0. The van der Waals surface area contributed by atoms with E-state index in [0.717, 1.165) is 32.2 Å². The fourth-order valence-corrected chi connectivity index (χ4v) is 3.22. The molecule has 0 aromatic heterocycles. The van der Waals surface area contributed by atoms with E-state index in [1.807, 2.05) is 18.7 Å². The van der Waals surface area contributed by atoms with Crippen molar-refractivity contribution >= 4 is 11.9 Å². The Morgan fingerprint density at radius 3 is 2.50 bits per heavy atom. The Balaban J connectivity index is 1.98. The lowest BCUT2D eigenvalue weighted by Gasteiger charge is -2.35. The Labute approximate surface area is 155 Å². The largest absolute Gasteiger partial charge is 0.490 e. The normalized spacial score (nSPS) is 16.9. The predicted molar refractivity (Wildman–Crippen MR) is 98.7 cm³/mol. The second kappa shape index (κ2) is 10.0. The molecule has 1 amide bonds. The lowest BCUT2D eigenvalue weighted by Crippen LogP contribution is -2.45. The summed E-state index contributed by atoms with van der Waals surface area (Å²) in [6, 6.07) is 5.16. The number of esters is 1. The van der Waals surface area contributed by atoms with Gasteiger partial charge in [0, 0.05) is 12.6 Å². The molecule has 1 fully saturated rings. The van der Waals surface area contributed by atoms with E-state index in [1.165, 1.54) is 0 Å². The van der Waals surface area contributed by atoms with E-state index < -0.39 is 5.97 Å². The standard InChI is InChI=1S/C20H29NO5/c1-4-16-9-7-8-12-21(16)19(22)14-26-20(23)15-10-11-17(24-5-2)18(13-15)25-6-3/h10-11,13,16H,4-9,12,14H2,1-3H3. The maximum absolute atomic E-state index is 12.4. The highest BCUT2D eigenvalue weighted by molar-refractivity contribution is 5.92. The van der Waals surface area contributed by atoms with Gasteiger partial charge in [-0.05, 0) is 57.7 Å². The third-order valence-electron chi connectivity index (χ3n) is 4.52. The van der Waals surface area contributed by atoms with Gasteiger partial charge in [0.25, 0.3) is 5.91 Å². The summed E-state index contributed by atoms with van der Waals surface area (Å²) in [4.78, 5) is 26.6. The van der Waals surface area contributed by atoms with Crippen molar-refractivity contribution in [2.75, 3.05) is 26.4 Å². The first kappa shape index (κ1) is 20.1. The van der Waals surface area contributed by atoms with Crippen molar-refractivity contribution in [3.63, 3.8) is 0 Å². The molecule has 0 spiro atoms. The molecule has 1 aliphatic rings. The van der Waals surface area contributed by atoms with Crippen LogP contribution in [0, 0.1) is 0 Å². The Bertz CT molecular complexity index is 616. The highest BCUT2D eigenvalue weighted by Crippen LogP contribution is 2.29. The van der Waals surface area contributed by atoms with Crippen molar-refractivity contribution in [2.24, 2.45) is 0 Å². The first-order chi connectivity index (χ1) is 12.6. The van der Waals surface area contributed by atoms with E-state index in [1.54, 1.807) is 18.2 Å². The first-order valence-corrected chi connectivity index (χ1v) is 9.46. The van der Waals surface area contributed by atoms with Crippen LogP contribution in [0.3, 0.4) is 0 Å². The Kier molecular flexibility index (Phi) is 7.75. The fourth-order valence-electron chi connectivity index (χ4n) is 3.22. The molecule has 1 aromatic rings. The summed E-state index contributed by atoms with van der Waals surface area (Å²) in [7, 11) is 0. The number of carbonyl (C=O) groups is 2. The van der Waals surface area contributed by atoms with Crippen molar-refractivity contribution in [1.29, 1.82) is 0 Å². The molecular weight excluding hydrogens is 334 g/mol. The molecule has 0 N–H and O–H groups in total. The predicted octanol–water partition coefficient (Wildman–Crippen LogP) is 3.43. The summed E-state index contributed by atoms with van der Waals surface area (Å²) in [6.45, 7) is 7.31. The number of hydrogen-bond donors (Lipinski definition) is 0. The molecule has 1 unspecified atom stereocenters. The molecule has 0 bridgehead atoms. The molecular formula is C20H29NO5. The lowest BCUT2D eigenvalue weighted by atomic mass is 10.00. The minimum absolute atomic E-state index is 0.124. The van der Waals surface area contributed by atoms with Crippen molar-refractivity contribution in [1.82, 2.24) is 4.90 Å². The van der Waals surface area contributed by atoms with Gasteiger partial charge in [-0.15, -0.1) is 0 Å². The number of nitrogens with zero attached hydrogens (tertiary/aromatic N) is 1. The summed E-state index contributed by atoms with van der Waals surface area (Å²) in [5, 5.41) is 0. The monoisotopic (exact) mass is 363 g/mol. The number of amides is 1. The molecule has 0 radical (unpaired) electrons. The maximum atomic E-state index is 12.4. The van der Waals surface area contributed by atoms with E-state index >= 15 is 0 Å². The number of benzene rings is 1. The summed E-state index contributed by atoms with van der Waals surface area (Å²) in [5.74, 6) is 0.423. The van der Waals surface area contributed by atoms with Crippen LogP contribution < -0.4 is 9.47 Å². The topological polar surface area (TPSA) is 65.1 Å². The zero-order valence-electron chi connectivity index (χ0n) is 16.0. The summed E-state index contributed by atoms with van der Waals surface area (Å²) < 4.78 is 16.3. The summed E-state index contributed by atoms with van der Waals surface area (Å²) in [6.07, 6.45) is 4.10. The third kappa shape index (κ3) is 5.13. The SMILES string of the molecule is CCOc1ccc(C(=O)OCC(=O)N2CCCCC2CC)cc1OCC. The van der Waals surface area contributed by atoms with Crippen LogP contribution in [-0.2, 0) is 9.53 Å². The van der Waals surface area contributed by atoms with Crippen LogP contribution in [0.4, 0.5) is 0 Å². The van der Waals surface area contributed by atoms with Crippen LogP contribution in [0.15, 0.2) is 18.2 Å². The van der Waals surface area contributed by atoms with Gasteiger partial charge < -0.3 is 19.1 Å². The van der Waals surface area contributed by atoms with Crippen molar-refractivity contribution < 1.29 is 23.8 Å². The van der Waals surface area contributed by atoms with Gasteiger partial charge in [0.05, 0.1) is 18.8 Å². The van der Waals surface area contributed by atoms with E-state index in [-0.39, 0.29) is 18.6 Å². The van der Waals surface area contributed by atoms with Crippen molar-refractivity contribution in [2.45, 2.75) is 52.5 Å². The molecule has 144 valence electrons. The molecule has 1 aromatic carbocycles. The van der Waals surface area contributed by atoms with Gasteiger partial charge >= 0.3 is 5.97 Å². The first-order valence-electron chi connectivity index (χ1n) is 9.46. The van der Waals surface area contributed by atoms with Crippen LogP contribution in [0.2, 0.25) is 0 Å². The average Bonchev–Trinajstić information content (AvgIpc) is 2.67. The summed E-state index contributed by atoms with van der Waals surface area (Å²) in [5.41, 5.74) is 0.343. The number of carbonyl (C=O) groups excluding carboxylic acids is 2. The fraction of sp³-hybridized carbons (Fsp3) is 0.600. The van der Waals surface area contributed by atoms with Crippen LogP contribution in [0.25, 0.3) is 0 Å².